The fourth-order valence-electron chi connectivity index (χ4n) is 8.19. The van der Waals surface area contributed by atoms with Gasteiger partial charge in [0.2, 0.25) is 0 Å². The number of aryl methyl sites for hydroxylation is 2. The molecule has 4 aliphatic rings. The largest absolute Gasteiger partial charge is 0.311 e. The topological polar surface area (TPSA) is 3.24 Å². The number of nitrogens with zero attached hydrogens (tertiary/aromatic N) is 1. The highest BCUT2D eigenvalue weighted by Gasteiger charge is 2.34. The number of hydrogen-bond donors (Lipinski definition) is 0. The molecule has 1 heterocycles. The Hall–Kier alpha value is -4.70. The molecule has 0 spiro atoms. The zero-order valence-electron chi connectivity index (χ0n) is 29.1. The van der Waals surface area contributed by atoms with Gasteiger partial charge in [0.1, 0.15) is 0 Å². The molecule has 5 aromatic rings. The first-order valence-corrected chi connectivity index (χ1v) is 20.2. The summed E-state index contributed by atoms with van der Waals surface area (Å²) in [7, 11) is 0. The van der Waals surface area contributed by atoms with Crippen LogP contribution < -0.4 is 4.90 Å². The first kappa shape index (κ1) is 32.2. The third-order valence-corrected chi connectivity index (χ3v) is 13.0. The molecular weight excluding hydrogens is 655 g/mol. The van der Waals surface area contributed by atoms with E-state index in [9.17, 15) is 0 Å². The minimum Gasteiger partial charge on any atom is -0.311 e. The number of rotatable bonds is 7. The van der Waals surface area contributed by atoms with Crippen LogP contribution in [0.5, 0.6) is 0 Å². The van der Waals surface area contributed by atoms with E-state index in [1.165, 1.54) is 76.9 Å². The Kier molecular flexibility index (Phi) is 8.71. The monoisotopic (exact) mass is 695 g/mol. The molecule has 1 aliphatic heterocycles. The molecule has 0 fully saturated rings. The van der Waals surface area contributed by atoms with Gasteiger partial charge in [0.15, 0.2) is 0 Å². The SMILES string of the molecule is CSc1ccc2c(c1-c1ccc(N(C3=CC(c4ccccc4)CC=C3)c3ccc(-c4ccc5c(c4)CCC=C5)cc3)cc1C)SC1C=CC=CC21. The molecule has 0 radical (unpaired) electrons. The molecule has 1 nitrogen and oxygen atoms in total. The molecule has 0 aromatic heterocycles. The molecule has 3 unspecified atom stereocenters. The molecule has 51 heavy (non-hydrogen) atoms. The van der Waals surface area contributed by atoms with E-state index in [0.29, 0.717) is 17.1 Å². The summed E-state index contributed by atoms with van der Waals surface area (Å²) in [5.41, 5.74) is 15.7. The lowest BCUT2D eigenvalue weighted by Crippen LogP contribution is -2.18. The van der Waals surface area contributed by atoms with Crippen molar-refractivity contribution in [3.63, 3.8) is 0 Å². The van der Waals surface area contributed by atoms with Crippen molar-refractivity contribution in [1.29, 1.82) is 0 Å². The van der Waals surface area contributed by atoms with Gasteiger partial charge in [-0.05, 0) is 113 Å². The van der Waals surface area contributed by atoms with E-state index in [4.69, 9.17) is 0 Å². The van der Waals surface area contributed by atoms with Gasteiger partial charge >= 0.3 is 0 Å². The zero-order valence-corrected chi connectivity index (χ0v) is 30.8. The normalized spacial score (nSPS) is 19.7. The third kappa shape index (κ3) is 6.07. The summed E-state index contributed by atoms with van der Waals surface area (Å²) >= 11 is 3.88. The van der Waals surface area contributed by atoms with Crippen LogP contribution in [-0.4, -0.2) is 11.5 Å². The average Bonchev–Trinajstić information content (AvgIpc) is 3.57. The summed E-state index contributed by atoms with van der Waals surface area (Å²) in [5, 5.41) is 0.472. The maximum atomic E-state index is 2.46. The molecule has 9 rings (SSSR count). The van der Waals surface area contributed by atoms with Crippen molar-refractivity contribution in [1.82, 2.24) is 0 Å². The van der Waals surface area contributed by atoms with E-state index < -0.39 is 0 Å². The molecular formula is C48H41NS2. The number of allylic oxidation sites excluding steroid dienone is 7. The van der Waals surface area contributed by atoms with Crippen LogP contribution in [-0.2, 0) is 6.42 Å². The van der Waals surface area contributed by atoms with Crippen molar-refractivity contribution in [3.05, 3.63) is 185 Å². The fourth-order valence-corrected chi connectivity index (χ4v) is 10.4. The molecule has 3 aliphatic carbocycles. The average molecular weight is 696 g/mol. The van der Waals surface area contributed by atoms with Crippen molar-refractivity contribution in [2.24, 2.45) is 0 Å². The lowest BCUT2D eigenvalue weighted by atomic mass is 9.89. The van der Waals surface area contributed by atoms with Crippen LogP contribution in [0.4, 0.5) is 11.4 Å². The van der Waals surface area contributed by atoms with E-state index in [2.05, 4.69) is 176 Å². The molecule has 3 atom stereocenters. The summed E-state index contributed by atoms with van der Waals surface area (Å²) in [6.45, 7) is 2.29. The standard InChI is InChI=1S/C48H41NS2/c1-32-29-41(25-26-42(32)47-46(50-2)28-27-44-43-17-8-9-18-45(43)51-48(44)47)49(40-16-10-15-37(31-40)33-11-4-3-5-12-33)39-23-21-35(22-24-39)38-20-19-34-13-6-7-14-36(34)30-38/h3-6,8-13,16-31,37,43,45H,7,14-15H2,1-2H3. The van der Waals surface area contributed by atoms with Crippen LogP contribution in [0.15, 0.2) is 167 Å². The maximum Gasteiger partial charge on any atom is 0.0464 e. The van der Waals surface area contributed by atoms with Crippen LogP contribution in [0.25, 0.3) is 28.3 Å². The third-order valence-electron chi connectivity index (χ3n) is 10.8. The van der Waals surface area contributed by atoms with Crippen molar-refractivity contribution < 1.29 is 0 Å². The van der Waals surface area contributed by atoms with Crippen LogP contribution >= 0.6 is 23.5 Å². The van der Waals surface area contributed by atoms with E-state index >= 15 is 0 Å². The Morgan fingerprint density at radius 3 is 2.43 bits per heavy atom. The van der Waals surface area contributed by atoms with Gasteiger partial charge in [0.05, 0.1) is 0 Å². The molecule has 0 N–H and O–H groups in total. The summed E-state index contributed by atoms with van der Waals surface area (Å²) in [6, 6.07) is 38.9. The Balaban J connectivity index is 1.12. The number of thioether (sulfide) groups is 2. The first-order chi connectivity index (χ1) is 25.1. The Labute approximate surface area is 311 Å². The lowest BCUT2D eigenvalue weighted by molar-refractivity contribution is 0.837. The Morgan fingerprint density at radius 1 is 0.765 bits per heavy atom. The van der Waals surface area contributed by atoms with E-state index in [-0.39, 0.29) is 0 Å². The molecule has 250 valence electrons. The molecule has 0 saturated carbocycles. The van der Waals surface area contributed by atoms with E-state index in [0.717, 1.165) is 19.3 Å². The predicted octanol–water partition coefficient (Wildman–Crippen LogP) is 13.5. The van der Waals surface area contributed by atoms with Gasteiger partial charge < -0.3 is 4.90 Å². The van der Waals surface area contributed by atoms with Gasteiger partial charge in [-0.2, -0.15) is 0 Å². The van der Waals surface area contributed by atoms with Gasteiger partial charge in [-0.25, -0.2) is 0 Å². The molecule has 3 heteroatoms. The van der Waals surface area contributed by atoms with Gasteiger partial charge in [-0.15, -0.1) is 23.5 Å². The second-order valence-corrected chi connectivity index (χ2v) is 16.0. The summed E-state index contributed by atoms with van der Waals surface area (Å²) < 4.78 is 0. The molecule has 0 amide bonds. The number of fused-ring (bicyclic) bond motifs is 4. The molecule has 0 saturated heterocycles. The van der Waals surface area contributed by atoms with Crippen LogP contribution in [0.1, 0.15) is 52.5 Å². The fraction of sp³-hybridized carbons (Fsp3) is 0.167. The lowest BCUT2D eigenvalue weighted by Gasteiger charge is -2.30. The van der Waals surface area contributed by atoms with Crippen LogP contribution in [0.3, 0.4) is 0 Å². The Bertz CT molecular complexity index is 2270. The summed E-state index contributed by atoms with van der Waals surface area (Å²) in [6.07, 6.45) is 26.3. The van der Waals surface area contributed by atoms with Crippen molar-refractivity contribution >= 4 is 41.0 Å². The van der Waals surface area contributed by atoms with E-state index in [1.807, 2.05) is 23.5 Å². The first-order valence-electron chi connectivity index (χ1n) is 18.1. The second kappa shape index (κ2) is 13.8. The van der Waals surface area contributed by atoms with Crippen molar-refractivity contribution in [3.8, 4) is 22.3 Å². The van der Waals surface area contributed by atoms with Crippen LogP contribution in [0.2, 0.25) is 0 Å². The van der Waals surface area contributed by atoms with Crippen molar-refractivity contribution in [2.45, 2.75) is 53.1 Å². The van der Waals surface area contributed by atoms with Gasteiger partial charge in [0.25, 0.3) is 0 Å². The quantitative estimate of drug-likeness (QED) is 0.156. The highest BCUT2D eigenvalue weighted by Crippen LogP contribution is 2.54. The summed E-state index contributed by atoms with van der Waals surface area (Å²) in [5.74, 6) is 0.779. The highest BCUT2D eigenvalue weighted by molar-refractivity contribution is 8.01. The minimum absolute atomic E-state index is 0.331. The minimum atomic E-state index is 0.331. The van der Waals surface area contributed by atoms with Gasteiger partial charge in [-0.3, -0.25) is 0 Å². The number of anilines is 2. The second-order valence-electron chi connectivity index (χ2n) is 13.9. The molecule has 5 aromatic carbocycles. The van der Waals surface area contributed by atoms with Crippen molar-refractivity contribution in [2.75, 3.05) is 11.2 Å². The van der Waals surface area contributed by atoms with E-state index in [1.54, 1.807) is 0 Å². The zero-order chi connectivity index (χ0) is 34.3. The highest BCUT2D eigenvalue weighted by atomic mass is 32.2. The summed E-state index contributed by atoms with van der Waals surface area (Å²) in [4.78, 5) is 5.24. The smallest absolute Gasteiger partial charge is 0.0464 e. The Morgan fingerprint density at radius 2 is 1.59 bits per heavy atom. The van der Waals surface area contributed by atoms with Gasteiger partial charge in [0, 0.05) is 49.5 Å². The number of hydrogen-bond acceptors (Lipinski definition) is 3. The maximum absolute atomic E-state index is 2.46. The number of benzene rings is 5. The van der Waals surface area contributed by atoms with Crippen LogP contribution in [0, 0.1) is 6.92 Å². The van der Waals surface area contributed by atoms with Gasteiger partial charge in [-0.1, -0.05) is 121 Å². The molecule has 0 bridgehead atoms. The predicted molar refractivity (Wildman–Crippen MR) is 221 cm³/mol.